The van der Waals surface area contributed by atoms with Gasteiger partial charge in [-0.05, 0) is 60.0 Å². The van der Waals surface area contributed by atoms with Crippen molar-refractivity contribution in [1.29, 1.82) is 0 Å². The lowest BCUT2D eigenvalue weighted by molar-refractivity contribution is 0.414. The van der Waals surface area contributed by atoms with E-state index in [1.165, 1.54) is 4.31 Å². The van der Waals surface area contributed by atoms with Crippen molar-refractivity contribution in [2.45, 2.75) is 31.2 Å². The van der Waals surface area contributed by atoms with E-state index < -0.39 is 10.0 Å². The van der Waals surface area contributed by atoms with Crippen molar-refractivity contribution in [2.75, 3.05) is 14.2 Å². The Bertz CT molecular complexity index is 1770. The normalized spacial score (nSPS) is 11.9. The number of nitrogens with zero attached hydrogens (tertiary/aromatic N) is 3. The minimum atomic E-state index is -3.76. The highest BCUT2D eigenvalue weighted by Crippen LogP contribution is 2.35. The second-order valence-electron chi connectivity index (χ2n) is 9.76. The van der Waals surface area contributed by atoms with E-state index in [4.69, 9.17) is 26.1 Å². The summed E-state index contributed by atoms with van der Waals surface area (Å²) in [6.07, 6.45) is 1.94. The van der Waals surface area contributed by atoms with Crippen LogP contribution < -0.4 is 9.47 Å². The van der Waals surface area contributed by atoms with Crippen molar-refractivity contribution in [3.63, 3.8) is 0 Å². The number of pyridine rings is 1. The van der Waals surface area contributed by atoms with Crippen LogP contribution in [0.25, 0.3) is 16.9 Å². The van der Waals surface area contributed by atoms with Gasteiger partial charge in [-0.1, -0.05) is 55.8 Å². The number of sulfonamides is 1. The molecule has 0 radical (unpaired) electrons. The maximum Gasteiger partial charge on any atom is 0.243 e. The molecule has 0 spiro atoms. The van der Waals surface area contributed by atoms with Gasteiger partial charge >= 0.3 is 0 Å². The molecule has 0 amide bonds. The van der Waals surface area contributed by atoms with Crippen LogP contribution in [-0.4, -0.2) is 36.3 Å². The third-order valence-corrected chi connectivity index (χ3v) is 8.69. The Kier molecular flexibility index (Phi) is 7.85. The standard InChI is InChI=1S/C31H30ClN3O4S/c1-21(2)29-30(35-17-7-12-28(32)31(35)33-29)23-8-5-9-25(18-23)39-26-10-6-11-27(19-26)40(36,37)34(3)20-22-13-15-24(38-4)16-14-22/h5-19,21H,20H2,1-4H3. The summed E-state index contributed by atoms with van der Waals surface area (Å²) in [6.45, 7) is 4.41. The van der Waals surface area contributed by atoms with Gasteiger partial charge in [-0.25, -0.2) is 13.4 Å². The fourth-order valence-corrected chi connectivity index (χ4v) is 5.94. The molecule has 7 nitrogen and oxygen atoms in total. The summed E-state index contributed by atoms with van der Waals surface area (Å²) >= 11 is 6.44. The maximum absolute atomic E-state index is 13.4. The van der Waals surface area contributed by atoms with E-state index >= 15 is 0 Å². The van der Waals surface area contributed by atoms with Crippen LogP contribution >= 0.6 is 11.6 Å². The molecule has 0 fully saturated rings. The molecule has 0 aliphatic heterocycles. The monoisotopic (exact) mass is 575 g/mol. The molecule has 0 saturated carbocycles. The Morgan fingerprint density at radius 3 is 2.33 bits per heavy atom. The number of rotatable bonds is 9. The van der Waals surface area contributed by atoms with E-state index in [1.807, 2.05) is 71.3 Å². The molecule has 0 atom stereocenters. The minimum Gasteiger partial charge on any atom is -0.497 e. The van der Waals surface area contributed by atoms with Crippen molar-refractivity contribution in [1.82, 2.24) is 13.7 Å². The topological polar surface area (TPSA) is 73.1 Å². The molecule has 5 rings (SSSR count). The van der Waals surface area contributed by atoms with Crippen LogP contribution in [0.5, 0.6) is 17.2 Å². The molecule has 0 aliphatic rings. The Balaban J connectivity index is 1.41. The summed E-state index contributed by atoms with van der Waals surface area (Å²) in [4.78, 5) is 4.96. The predicted octanol–water partition coefficient (Wildman–Crippen LogP) is 7.40. The lowest BCUT2D eigenvalue weighted by Crippen LogP contribution is -2.26. The lowest BCUT2D eigenvalue weighted by Gasteiger charge is -2.18. The van der Waals surface area contributed by atoms with Crippen LogP contribution in [0.3, 0.4) is 0 Å². The van der Waals surface area contributed by atoms with Gasteiger partial charge in [0.2, 0.25) is 10.0 Å². The SMILES string of the molecule is COc1ccc(CN(C)S(=O)(=O)c2cccc(Oc3cccc(-c4c(C(C)C)nc5c(Cl)cccn45)c3)c2)cc1. The van der Waals surface area contributed by atoms with Crippen LogP contribution in [0.1, 0.15) is 31.0 Å². The molecule has 0 saturated heterocycles. The van der Waals surface area contributed by atoms with E-state index in [2.05, 4.69) is 13.8 Å². The van der Waals surface area contributed by atoms with Crippen LogP contribution in [0, 0.1) is 0 Å². The maximum atomic E-state index is 13.4. The van der Waals surface area contributed by atoms with Gasteiger partial charge < -0.3 is 9.47 Å². The van der Waals surface area contributed by atoms with E-state index in [9.17, 15) is 8.42 Å². The predicted molar refractivity (Wildman–Crippen MR) is 158 cm³/mol. The van der Waals surface area contributed by atoms with Crippen molar-refractivity contribution >= 4 is 27.3 Å². The number of imidazole rings is 1. The number of ether oxygens (including phenoxy) is 2. The molecular weight excluding hydrogens is 546 g/mol. The zero-order valence-electron chi connectivity index (χ0n) is 22.7. The van der Waals surface area contributed by atoms with Crippen LogP contribution in [0.2, 0.25) is 5.02 Å². The third-order valence-electron chi connectivity index (χ3n) is 6.60. The summed E-state index contributed by atoms with van der Waals surface area (Å²) in [7, 11) is -0.603. The number of hydrogen-bond acceptors (Lipinski definition) is 5. The number of benzene rings is 3. The first-order valence-corrected chi connectivity index (χ1v) is 14.6. The number of hydrogen-bond donors (Lipinski definition) is 0. The number of methoxy groups -OCH3 is 1. The molecule has 0 N–H and O–H groups in total. The minimum absolute atomic E-state index is 0.149. The second-order valence-corrected chi connectivity index (χ2v) is 12.2. The summed E-state index contributed by atoms with van der Waals surface area (Å²) in [5.41, 5.74) is 4.34. The zero-order chi connectivity index (χ0) is 28.4. The first kappa shape index (κ1) is 27.7. The van der Waals surface area contributed by atoms with Gasteiger partial charge in [-0.2, -0.15) is 4.31 Å². The smallest absolute Gasteiger partial charge is 0.243 e. The number of halogens is 1. The number of aromatic nitrogens is 2. The van der Waals surface area contributed by atoms with Gasteiger partial charge in [0, 0.05) is 31.4 Å². The Morgan fingerprint density at radius 2 is 1.62 bits per heavy atom. The van der Waals surface area contributed by atoms with Gasteiger partial charge in [0.1, 0.15) is 17.2 Å². The molecule has 0 bridgehead atoms. The molecule has 5 aromatic rings. The van der Waals surface area contributed by atoms with Gasteiger partial charge in [-0.15, -0.1) is 0 Å². The van der Waals surface area contributed by atoms with Crippen LogP contribution in [0.15, 0.2) is 96.0 Å². The van der Waals surface area contributed by atoms with Crippen molar-refractivity contribution in [3.05, 3.63) is 107 Å². The zero-order valence-corrected chi connectivity index (χ0v) is 24.3. The summed E-state index contributed by atoms with van der Waals surface area (Å²) in [6, 6.07) is 25.2. The Hall–Kier alpha value is -3.85. The molecule has 2 heterocycles. The highest BCUT2D eigenvalue weighted by molar-refractivity contribution is 7.89. The average molecular weight is 576 g/mol. The van der Waals surface area contributed by atoms with Gasteiger partial charge in [0.05, 0.1) is 28.4 Å². The van der Waals surface area contributed by atoms with Gasteiger partial charge in [-0.3, -0.25) is 4.40 Å². The molecule has 0 aliphatic carbocycles. The molecule has 2 aromatic heterocycles. The van der Waals surface area contributed by atoms with E-state index in [0.717, 1.165) is 22.5 Å². The number of fused-ring (bicyclic) bond motifs is 1. The van der Waals surface area contributed by atoms with Crippen LogP contribution in [-0.2, 0) is 16.6 Å². The highest BCUT2D eigenvalue weighted by atomic mass is 35.5. The Morgan fingerprint density at radius 1 is 0.925 bits per heavy atom. The average Bonchev–Trinajstić information content (AvgIpc) is 3.35. The fourth-order valence-electron chi connectivity index (χ4n) is 4.54. The van der Waals surface area contributed by atoms with Gasteiger partial charge in [0.25, 0.3) is 0 Å². The summed E-state index contributed by atoms with van der Waals surface area (Å²) in [5, 5.41) is 0.582. The van der Waals surface area contributed by atoms with E-state index in [-0.39, 0.29) is 17.4 Å². The van der Waals surface area contributed by atoms with E-state index in [0.29, 0.717) is 27.9 Å². The first-order chi connectivity index (χ1) is 19.2. The molecule has 40 heavy (non-hydrogen) atoms. The lowest BCUT2D eigenvalue weighted by atomic mass is 10.0. The summed E-state index contributed by atoms with van der Waals surface area (Å²) < 4.78 is 41.4. The molecule has 9 heteroatoms. The van der Waals surface area contributed by atoms with E-state index in [1.54, 1.807) is 38.4 Å². The molecule has 3 aromatic carbocycles. The highest BCUT2D eigenvalue weighted by Gasteiger charge is 2.22. The Labute approximate surface area is 239 Å². The fraction of sp³-hybridized carbons (Fsp3) is 0.194. The van der Waals surface area contributed by atoms with Crippen LogP contribution in [0.4, 0.5) is 0 Å². The summed E-state index contributed by atoms with van der Waals surface area (Å²) in [5.74, 6) is 1.88. The third kappa shape index (κ3) is 5.56. The van der Waals surface area contributed by atoms with Gasteiger partial charge in [0.15, 0.2) is 5.65 Å². The quantitative estimate of drug-likeness (QED) is 0.183. The van der Waals surface area contributed by atoms with Crippen molar-refractivity contribution in [2.24, 2.45) is 0 Å². The van der Waals surface area contributed by atoms with Crippen molar-refractivity contribution in [3.8, 4) is 28.5 Å². The second kappa shape index (κ2) is 11.3. The first-order valence-electron chi connectivity index (χ1n) is 12.8. The van der Waals surface area contributed by atoms with Crippen molar-refractivity contribution < 1.29 is 17.9 Å². The largest absolute Gasteiger partial charge is 0.497 e. The molecular formula is C31H30ClN3O4S. The molecule has 206 valence electrons. The molecule has 0 unspecified atom stereocenters.